The zero-order valence-electron chi connectivity index (χ0n) is 13.2. The first-order chi connectivity index (χ1) is 11.5. The topological polar surface area (TPSA) is 137 Å². The number of urea groups is 1. The summed E-state index contributed by atoms with van der Waals surface area (Å²) in [7, 11) is 1.52. The number of methoxy groups -OCH3 is 1. The van der Waals surface area contributed by atoms with Gasteiger partial charge in [-0.15, -0.1) is 10.2 Å². The van der Waals surface area contributed by atoms with E-state index in [1.807, 2.05) is 0 Å². The van der Waals surface area contributed by atoms with Gasteiger partial charge in [0.2, 0.25) is 11.1 Å². The Kier molecular flexibility index (Phi) is 6.21. The van der Waals surface area contributed by atoms with Gasteiger partial charge in [0.05, 0.1) is 24.2 Å². The van der Waals surface area contributed by atoms with Gasteiger partial charge in [0.25, 0.3) is 0 Å². The van der Waals surface area contributed by atoms with Crippen molar-refractivity contribution < 1.29 is 18.7 Å². The highest BCUT2D eigenvalue weighted by atomic mass is 32.2. The highest BCUT2D eigenvalue weighted by Crippen LogP contribution is 2.24. The number of hydrogen-bond donors (Lipinski definition) is 3. The summed E-state index contributed by atoms with van der Waals surface area (Å²) in [6.45, 7) is 2.46. The minimum Gasteiger partial charge on any atom is -0.469 e. The van der Waals surface area contributed by atoms with E-state index in [9.17, 15) is 9.59 Å². The highest BCUT2D eigenvalue weighted by Gasteiger charge is 2.17. The van der Waals surface area contributed by atoms with E-state index >= 15 is 0 Å². The summed E-state index contributed by atoms with van der Waals surface area (Å²) in [5.41, 5.74) is 0.721. The third-order valence-electron chi connectivity index (χ3n) is 2.94. The van der Waals surface area contributed by atoms with Crippen molar-refractivity contribution in [2.45, 2.75) is 12.1 Å². The van der Waals surface area contributed by atoms with Crippen molar-refractivity contribution in [3.05, 3.63) is 18.1 Å². The minimum atomic E-state index is -0.582. The number of rotatable bonds is 7. The lowest BCUT2D eigenvalue weighted by Crippen LogP contribution is -2.41. The number of ether oxygens (including phenoxy) is 1. The van der Waals surface area contributed by atoms with Crippen molar-refractivity contribution in [2.75, 3.05) is 31.9 Å². The zero-order chi connectivity index (χ0) is 17.5. The number of hydrogen-bond acceptors (Lipinski definition) is 8. The number of furan rings is 1. The van der Waals surface area contributed by atoms with E-state index in [1.165, 1.54) is 18.0 Å². The van der Waals surface area contributed by atoms with Crippen molar-refractivity contribution in [1.82, 2.24) is 25.5 Å². The first-order valence-corrected chi connectivity index (χ1v) is 7.96. The molecule has 0 saturated heterocycles. The maximum absolute atomic E-state index is 11.7. The van der Waals surface area contributed by atoms with E-state index in [4.69, 9.17) is 15.0 Å². The molecule has 0 radical (unpaired) electrons. The normalized spacial score (nSPS) is 10.6. The maximum Gasteiger partial charge on any atom is 0.321 e. The van der Waals surface area contributed by atoms with E-state index < -0.39 is 11.9 Å². The van der Waals surface area contributed by atoms with E-state index in [0.717, 1.165) is 17.3 Å². The van der Waals surface area contributed by atoms with Gasteiger partial charge < -0.3 is 20.3 Å². The van der Waals surface area contributed by atoms with Crippen LogP contribution in [0.2, 0.25) is 0 Å². The SMILES string of the molecule is COCCNC(=O)NC(=O)CSc1nnc(-c2ccoc2C)n1N. The Hall–Kier alpha value is -2.53. The van der Waals surface area contributed by atoms with Crippen LogP contribution in [0, 0.1) is 6.92 Å². The second-order valence-corrected chi connectivity index (χ2v) is 5.59. The van der Waals surface area contributed by atoms with Crippen LogP contribution in [0.15, 0.2) is 21.9 Å². The number of nitrogens with zero attached hydrogens (tertiary/aromatic N) is 3. The van der Waals surface area contributed by atoms with Crippen molar-refractivity contribution in [3.63, 3.8) is 0 Å². The summed E-state index contributed by atoms with van der Waals surface area (Å²) in [4.78, 5) is 23.2. The van der Waals surface area contributed by atoms with Crippen molar-refractivity contribution >= 4 is 23.7 Å². The number of imide groups is 1. The Morgan fingerprint density at radius 1 is 1.46 bits per heavy atom. The largest absolute Gasteiger partial charge is 0.469 e. The average molecular weight is 354 g/mol. The standard InChI is InChI=1S/C13H18N6O4S/c1-8-9(3-5-23-8)11-17-18-13(19(11)14)24-7-10(20)16-12(21)15-4-6-22-2/h3,5H,4,6-7,14H2,1-2H3,(H2,15,16,20,21). The third kappa shape index (κ3) is 4.49. The predicted molar refractivity (Wildman–Crippen MR) is 86.8 cm³/mol. The van der Waals surface area contributed by atoms with Gasteiger partial charge >= 0.3 is 6.03 Å². The molecule has 0 unspecified atom stereocenters. The number of aromatic nitrogens is 3. The number of thioether (sulfide) groups is 1. The van der Waals surface area contributed by atoms with Crippen LogP contribution in [0.3, 0.4) is 0 Å². The van der Waals surface area contributed by atoms with Crippen LogP contribution in [0.25, 0.3) is 11.4 Å². The van der Waals surface area contributed by atoms with Crippen LogP contribution in [-0.4, -0.2) is 52.8 Å². The number of carbonyl (C=O) groups is 2. The number of carbonyl (C=O) groups excluding carboxylic acids is 2. The predicted octanol–water partition coefficient (Wildman–Crippen LogP) is 0.125. The molecule has 0 atom stereocenters. The molecule has 24 heavy (non-hydrogen) atoms. The molecule has 0 aliphatic rings. The molecule has 2 rings (SSSR count). The van der Waals surface area contributed by atoms with Crippen LogP contribution in [-0.2, 0) is 9.53 Å². The summed E-state index contributed by atoms with van der Waals surface area (Å²) in [5, 5.41) is 12.9. The molecule has 130 valence electrons. The number of nitrogen functional groups attached to an aromatic ring is 1. The first kappa shape index (κ1) is 17.8. The van der Waals surface area contributed by atoms with E-state index in [1.54, 1.807) is 13.0 Å². The Morgan fingerprint density at radius 2 is 2.25 bits per heavy atom. The second kappa shape index (κ2) is 8.36. The Balaban J connectivity index is 1.87. The second-order valence-electron chi connectivity index (χ2n) is 4.65. The smallest absolute Gasteiger partial charge is 0.321 e. The van der Waals surface area contributed by atoms with Gasteiger partial charge in [0.1, 0.15) is 5.76 Å². The van der Waals surface area contributed by atoms with Crippen LogP contribution < -0.4 is 16.5 Å². The quantitative estimate of drug-likeness (QED) is 0.362. The molecule has 0 saturated carbocycles. The Bertz CT molecular complexity index is 713. The number of amides is 3. The Morgan fingerprint density at radius 3 is 2.92 bits per heavy atom. The molecule has 2 heterocycles. The molecule has 0 fully saturated rings. The van der Waals surface area contributed by atoms with Gasteiger partial charge in [-0.05, 0) is 13.0 Å². The van der Waals surface area contributed by atoms with Gasteiger partial charge in [-0.25, -0.2) is 9.47 Å². The fourth-order valence-electron chi connectivity index (χ4n) is 1.78. The molecule has 2 aromatic heterocycles. The molecular weight excluding hydrogens is 336 g/mol. The molecule has 4 N–H and O–H groups in total. The number of nitrogens with two attached hydrogens (primary N) is 1. The lowest BCUT2D eigenvalue weighted by atomic mass is 10.2. The van der Waals surface area contributed by atoms with E-state index in [0.29, 0.717) is 29.9 Å². The zero-order valence-corrected chi connectivity index (χ0v) is 14.1. The molecule has 0 spiro atoms. The van der Waals surface area contributed by atoms with Crippen LogP contribution >= 0.6 is 11.8 Å². The van der Waals surface area contributed by atoms with Gasteiger partial charge in [-0.1, -0.05) is 11.8 Å². The number of aryl methyl sites for hydroxylation is 1. The van der Waals surface area contributed by atoms with Gasteiger partial charge in [0.15, 0.2) is 5.82 Å². The van der Waals surface area contributed by atoms with Crippen LogP contribution in [0.1, 0.15) is 5.76 Å². The molecule has 0 aliphatic carbocycles. The number of nitrogens with one attached hydrogen (secondary N) is 2. The Labute approximate surface area is 142 Å². The highest BCUT2D eigenvalue weighted by molar-refractivity contribution is 7.99. The van der Waals surface area contributed by atoms with Gasteiger partial charge in [-0.3, -0.25) is 10.1 Å². The minimum absolute atomic E-state index is 0.0304. The summed E-state index contributed by atoms with van der Waals surface area (Å²) in [5.74, 6) is 6.53. The molecule has 2 aromatic rings. The first-order valence-electron chi connectivity index (χ1n) is 6.97. The van der Waals surface area contributed by atoms with Crippen molar-refractivity contribution in [1.29, 1.82) is 0 Å². The van der Waals surface area contributed by atoms with Crippen molar-refractivity contribution in [2.24, 2.45) is 0 Å². The molecule has 0 aliphatic heterocycles. The fourth-order valence-corrected chi connectivity index (χ4v) is 2.44. The molecule has 10 nitrogen and oxygen atoms in total. The molecule has 11 heteroatoms. The van der Waals surface area contributed by atoms with Crippen LogP contribution in [0.5, 0.6) is 0 Å². The van der Waals surface area contributed by atoms with Crippen molar-refractivity contribution in [3.8, 4) is 11.4 Å². The average Bonchev–Trinajstić information content (AvgIpc) is 3.11. The van der Waals surface area contributed by atoms with E-state index in [2.05, 4.69) is 20.8 Å². The molecule has 0 aromatic carbocycles. The summed E-state index contributed by atoms with van der Waals surface area (Å²) >= 11 is 1.07. The molecule has 3 amide bonds. The lowest BCUT2D eigenvalue weighted by molar-refractivity contribution is -0.117. The van der Waals surface area contributed by atoms with Gasteiger partial charge in [0, 0.05) is 13.7 Å². The maximum atomic E-state index is 11.7. The summed E-state index contributed by atoms with van der Waals surface area (Å²) in [6.07, 6.45) is 1.53. The monoisotopic (exact) mass is 354 g/mol. The molecule has 0 bridgehead atoms. The summed E-state index contributed by atoms with van der Waals surface area (Å²) < 4.78 is 11.3. The fraction of sp³-hybridized carbons (Fsp3) is 0.385. The van der Waals surface area contributed by atoms with Gasteiger partial charge in [-0.2, -0.15) is 0 Å². The van der Waals surface area contributed by atoms with E-state index in [-0.39, 0.29) is 5.75 Å². The van der Waals surface area contributed by atoms with Crippen LogP contribution in [0.4, 0.5) is 4.79 Å². The summed E-state index contributed by atoms with van der Waals surface area (Å²) in [6, 6.07) is 1.15. The molecular formula is C13H18N6O4S. The third-order valence-corrected chi connectivity index (χ3v) is 3.88. The lowest BCUT2D eigenvalue weighted by Gasteiger charge is -2.06.